The van der Waals surface area contributed by atoms with Gasteiger partial charge < -0.3 is 5.32 Å². The SMILES string of the molecule is c1ccc(CSCCC2CNC2)cc1. The minimum absolute atomic E-state index is 0.957. The third kappa shape index (κ3) is 3.03. The highest BCUT2D eigenvalue weighted by Gasteiger charge is 2.15. The second-order valence-corrected chi connectivity index (χ2v) is 4.96. The highest BCUT2D eigenvalue weighted by molar-refractivity contribution is 7.98. The molecule has 1 saturated heterocycles. The van der Waals surface area contributed by atoms with Gasteiger partial charge in [0.05, 0.1) is 0 Å². The molecule has 2 heteroatoms. The van der Waals surface area contributed by atoms with E-state index in [-0.39, 0.29) is 0 Å². The molecule has 0 spiro atoms. The van der Waals surface area contributed by atoms with Gasteiger partial charge in [-0.05, 0) is 36.7 Å². The molecular weight excluding hydrogens is 190 g/mol. The van der Waals surface area contributed by atoms with E-state index in [1.807, 2.05) is 0 Å². The zero-order chi connectivity index (χ0) is 9.64. The van der Waals surface area contributed by atoms with Gasteiger partial charge in [0, 0.05) is 5.75 Å². The van der Waals surface area contributed by atoms with E-state index in [0.717, 1.165) is 5.92 Å². The quantitative estimate of drug-likeness (QED) is 0.745. The van der Waals surface area contributed by atoms with Gasteiger partial charge in [-0.15, -0.1) is 0 Å². The first-order chi connectivity index (χ1) is 6.95. The highest BCUT2D eigenvalue weighted by Crippen LogP contribution is 2.17. The van der Waals surface area contributed by atoms with Gasteiger partial charge >= 0.3 is 0 Å². The molecule has 0 radical (unpaired) electrons. The monoisotopic (exact) mass is 207 g/mol. The summed E-state index contributed by atoms with van der Waals surface area (Å²) in [6.07, 6.45) is 1.38. The molecule has 1 aliphatic rings. The van der Waals surface area contributed by atoms with Gasteiger partial charge in [-0.2, -0.15) is 11.8 Å². The van der Waals surface area contributed by atoms with Crippen molar-refractivity contribution in [3.8, 4) is 0 Å². The molecule has 0 saturated carbocycles. The van der Waals surface area contributed by atoms with Crippen molar-refractivity contribution in [2.24, 2.45) is 5.92 Å². The van der Waals surface area contributed by atoms with Crippen LogP contribution in [0.15, 0.2) is 30.3 Å². The summed E-state index contributed by atoms with van der Waals surface area (Å²) in [5, 5.41) is 3.31. The standard InChI is InChI=1S/C12H17NS/c1-2-4-11(5-3-1)10-14-7-6-12-8-13-9-12/h1-5,12-13H,6-10H2. The highest BCUT2D eigenvalue weighted by atomic mass is 32.2. The minimum Gasteiger partial charge on any atom is -0.316 e. The molecular formula is C12H17NS. The van der Waals surface area contributed by atoms with E-state index in [0.29, 0.717) is 0 Å². The Kier molecular flexibility index (Phi) is 3.90. The van der Waals surface area contributed by atoms with Crippen LogP contribution in [0.4, 0.5) is 0 Å². The Morgan fingerprint density at radius 2 is 2.00 bits per heavy atom. The van der Waals surface area contributed by atoms with Crippen LogP contribution in [0.3, 0.4) is 0 Å². The van der Waals surface area contributed by atoms with Crippen molar-refractivity contribution in [2.45, 2.75) is 12.2 Å². The average molecular weight is 207 g/mol. The lowest BCUT2D eigenvalue weighted by atomic mass is 10.0. The van der Waals surface area contributed by atoms with Gasteiger partial charge in [0.15, 0.2) is 0 Å². The van der Waals surface area contributed by atoms with Crippen molar-refractivity contribution in [1.29, 1.82) is 0 Å². The third-order valence-electron chi connectivity index (χ3n) is 2.65. The van der Waals surface area contributed by atoms with Gasteiger partial charge in [-0.1, -0.05) is 30.3 Å². The number of hydrogen-bond acceptors (Lipinski definition) is 2. The van der Waals surface area contributed by atoms with Crippen LogP contribution in [-0.2, 0) is 5.75 Å². The molecule has 0 aliphatic carbocycles. The Hall–Kier alpha value is -0.470. The van der Waals surface area contributed by atoms with E-state index in [9.17, 15) is 0 Å². The third-order valence-corrected chi connectivity index (χ3v) is 3.71. The zero-order valence-electron chi connectivity index (χ0n) is 8.41. The lowest BCUT2D eigenvalue weighted by Gasteiger charge is -2.26. The van der Waals surface area contributed by atoms with E-state index in [1.54, 1.807) is 0 Å². The molecule has 0 unspecified atom stereocenters. The zero-order valence-corrected chi connectivity index (χ0v) is 9.22. The van der Waals surface area contributed by atoms with E-state index in [2.05, 4.69) is 47.4 Å². The van der Waals surface area contributed by atoms with Gasteiger partial charge in [0.2, 0.25) is 0 Å². The summed E-state index contributed by atoms with van der Waals surface area (Å²) >= 11 is 2.06. The van der Waals surface area contributed by atoms with Crippen LogP contribution in [0.2, 0.25) is 0 Å². The molecule has 2 rings (SSSR count). The molecule has 1 fully saturated rings. The predicted octanol–water partition coefficient (Wildman–Crippen LogP) is 2.53. The maximum Gasteiger partial charge on any atom is 0.0184 e. The Morgan fingerprint density at radius 3 is 2.64 bits per heavy atom. The Morgan fingerprint density at radius 1 is 1.21 bits per heavy atom. The van der Waals surface area contributed by atoms with Crippen LogP contribution < -0.4 is 5.32 Å². The topological polar surface area (TPSA) is 12.0 Å². The van der Waals surface area contributed by atoms with Crippen molar-refractivity contribution in [2.75, 3.05) is 18.8 Å². The largest absolute Gasteiger partial charge is 0.316 e. The molecule has 0 bridgehead atoms. The Balaban J connectivity index is 1.58. The van der Waals surface area contributed by atoms with Crippen molar-refractivity contribution in [1.82, 2.24) is 5.32 Å². The fourth-order valence-corrected chi connectivity index (χ4v) is 2.64. The van der Waals surface area contributed by atoms with E-state index in [4.69, 9.17) is 0 Å². The summed E-state index contributed by atoms with van der Waals surface area (Å²) in [6, 6.07) is 10.7. The van der Waals surface area contributed by atoms with Crippen LogP contribution in [0.25, 0.3) is 0 Å². The normalized spacial score (nSPS) is 16.6. The smallest absolute Gasteiger partial charge is 0.0184 e. The molecule has 76 valence electrons. The van der Waals surface area contributed by atoms with Crippen molar-refractivity contribution in [3.05, 3.63) is 35.9 Å². The Bertz CT molecular complexity index is 256. The molecule has 0 amide bonds. The summed E-state index contributed by atoms with van der Waals surface area (Å²) < 4.78 is 0. The number of nitrogens with one attached hydrogen (secondary N) is 1. The van der Waals surface area contributed by atoms with Crippen LogP contribution in [0.5, 0.6) is 0 Å². The van der Waals surface area contributed by atoms with E-state index in [1.165, 1.54) is 36.6 Å². The summed E-state index contributed by atoms with van der Waals surface area (Å²) in [5.41, 5.74) is 1.45. The maximum atomic E-state index is 3.31. The predicted molar refractivity (Wildman–Crippen MR) is 63.6 cm³/mol. The van der Waals surface area contributed by atoms with Gasteiger partial charge in [-0.25, -0.2) is 0 Å². The second kappa shape index (κ2) is 5.42. The molecule has 1 N–H and O–H groups in total. The van der Waals surface area contributed by atoms with E-state index < -0.39 is 0 Å². The number of benzene rings is 1. The lowest BCUT2D eigenvalue weighted by Crippen LogP contribution is -2.42. The number of hydrogen-bond donors (Lipinski definition) is 1. The van der Waals surface area contributed by atoms with Gasteiger partial charge in [0.25, 0.3) is 0 Å². The molecule has 1 aliphatic heterocycles. The first-order valence-electron chi connectivity index (χ1n) is 5.27. The van der Waals surface area contributed by atoms with Crippen molar-refractivity contribution in [3.63, 3.8) is 0 Å². The first-order valence-corrected chi connectivity index (χ1v) is 6.43. The molecule has 1 aromatic carbocycles. The number of rotatable bonds is 5. The minimum atomic E-state index is 0.957. The van der Waals surface area contributed by atoms with Gasteiger partial charge in [0.1, 0.15) is 0 Å². The second-order valence-electron chi connectivity index (χ2n) is 3.85. The van der Waals surface area contributed by atoms with Crippen molar-refractivity contribution >= 4 is 11.8 Å². The fourth-order valence-electron chi connectivity index (χ4n) is 1.57. The first kappa shape index (κ1) is 10.1. The molecule has 14 heavy (non-hydrogen) atoms. The fraction of sp³-hybridized carbons (Fsp3) is 0.500. The van der Waals surface area contributed by atoms with Crippen LogP contribution >= 0.6 is 11.8 Å². The maximum absolute atomic E-state index is 3.31. The lowest BCUT2D eigenvalue weighted by molar-refractivity contribution is 0.341. The number of thioether (sulfide) groups is 1. The van der Waals surface area contributed by atoms with Crippen molar-refractivity contribution < 1.29 is 0 Å². The molecule has 0 aromatic heterocycles. The van der Waals surface area contributed by atoms with Crippen LogP contribution in [0.1, 0.15) is 12.0 Å². The average Bonchev–Trinajstić information content (AvgIpc) is 2.16. The summed E-state index contributed by atoms with van der Waals surface area (Å²) in [6.45, 7) is 2.48. The Labute approximate surface area is 90.3 Å². The summed E-state index contributed by atoms with van der Waals surface area (Å²) in [5.74, 6) is 3.43. The van der Waals surface area contributed by atoms with Gasteiger partial charge in [-0.3, -0.25) is 0 Å². The molecule has 1 heterocycles. The summed E-state index contributed by atoms with van der Waals surface area (Å²) in [7, 11) is 0. The summed E-state index contributed by atoms with van der Waals surface area (Å²) in [4.78, 5) is 0. The van der Waals surface area contributed by atoms with E-state index >= 15 is 0 Å². The molecule has 0 atom stereocenters. The molecule has 1 nitrogen and oxygen atoms in total. The van der Waals surface area contributed by atoms with Crippen LogP contribution in [-0.4, -0.2) is 18.8 Å². The van der Waals surface area contributed by atoms with Crippen LogP contribution in [0, 0.1) is 5.92 Å². The molecule has 1 aromatic rings.